The Hall–Kier alpha value is -1.91. The van der Waals surface area contributed by atoms with E-state index in [9.17, 15) is 0 Å². The number of piperidine rings is 1. The highest BCUT2D eigenvalue weighted by molar-refractivity contribution is 5.43. The fraction of sp³-hybridized carbons (Fsp3) is 0.522. The molecule has 0 spiro atoms. The normalized spacial score (nSPS) is 23.3. The van der Waals surface area contributed by atoms with E-state index in [1.807, 2.05) is 13.1 Å². The van der Waals surface area contributed by atoms with Gasteiger partial charge in [-0.15, -0.1) is 0 Å². The van der Waals surface area contributed by atoms with Gasteiger partial charge in [0.05, 0.1) is 11.9 Å². The van der Waals surface area contributed by atoms with E-state index >= 15 is 0 Å². The SMILES string of the molecule is Cc1ccc(N(C)CCN2CCC(N[C@@H]3CC3c3ccccc3)CC2)cn1. The summed E-state index contributed by atoms with van der Waals surface area (Å²) in [5, 5.41) is 3.91. The second-order valence-corrected chi connectivity index (χ2v) is 8.22. The number of rotatable bonds is 7. The molecule has 1 unspecified atom stereocenters. The third-order valence-corrected chi connectivity index (χ3v) is 6.14. The Kier molecular flexibility index (Phi) is 5.74. The summed E-state index contributed by atoms with van der Waals surface area (Å²) >= 11 is 0. The lowest BCUT2D eigenvalue weighted by Crippen LogP contribution is -2.45. The minimum Gasteiger partial charge on any atom is -0.372 e. The van der Waals surface area contributed by atoms with E-state index in [0.717, 1.165) is 24.7 Å². The molecule has 2 heterocycles. The molecule has 27 heavy (non-hydrogen) atoms. The fourth-order valence-electron chi connectivity index (χ4n) is 4.18. The number of likely N-dealkylation sites (tertiary alicyclic amines) is 1. The van der Waals surface area contributed by atoms with Gasteiger partial charge in [0.2, 0.25) is 0 Å². The molecule has 2 aromatic rings. The Morgan fingerprint density at radius 3 is 2.59 bits per heavy atom. The van der Waals surface area contributed by atoms with Crippen molar-refractivity contribution >= 4 is 5.69 Å². The maximum atomic E-state index is 4.40. The van der Waals surface area contributed by atoms with Gasteiger partial charge in [-0.25, -0.2) is 0 Å². The van der Waals surface area contributed by atoms with Crippen LogP contribution < -0.4 is 10.2 Å². The van der Waals surface area contributed by atoms with Gasteiger partial charge >= 0.3 is 0 Å². The summed E-state index contributed by atoms with van der Waals surface area (Å²) in [6, 6.07) is 16.6. The summed E-state index contributed by atoms with van der Waals surface area (Å²) in [5.74, 6) is 0.737. The van der Waals surface area contributed by atoms with Crippen molar-refractivity contribution < 1.29 is 0 Å². The molecule has 0 radical (unpaired) electrons. The van der Waals surface area contributed by atoms with Gasteiger partial charge in [0.25, 0.3) is 0 Å². The minimum absolute atomic E-state index is 0.694. The van der Waals surface area contributed by atoms with Crippen molar-refractivity contribution in [1.82, 2.24) is 15.2 Å². The molecular formula is C23H32N4. The molecule has 2 aliphatic rings. The lowest BCUT2D eigenvalue weighted by Gasteiger charge is -2.34. The van der Waals surface area contributed by atoms with Crippen molar-refractivity contribution in [2.75, 3.05) is 38.1 Å². The summed E-state index contributed by atoms with van der Waals surface area (Å²) in [4.78, 5) is 9.32. The molecule has 1 saturated heterocycles. The molecule has 0 bridgehead atoms. The number of aryl methyl sites for hydroxylation is 1. The van der Waals surface area contributed by atoms with Gasteiger partial charge in [0.15, 0.2) is 0 Å². The molecule has 4 rings (SSSR count). The van der Waals surface area contributed by atoms with Crippen LogP contribution in [0.3, 0.4) is 0 Å². The zero-order valence-corrected chi connectivity index (χ0v) is 16.6. The van der Waals surface area contributed by atoms with Crippen LogP contribution in [0.25, 0.3) is 0 Å². The lowest BCUT2D eigenvalue weighted by molar-refractivity contribution is 0.201. The summed E-state index contributed by atoms with van der Waals surface area (Å²) < 4.78 is 0. The molecule has 144 valence electrons. The van der Waals surface area contributed by atoms with Crippen LogP contribution in [-0.2, 0) is 0 Å². The van der Waals surface area contributed by atoms with Gasteiger partial charge in [-0.1, -0.05) is 30.3 Å². The molecule has 4 nitrogen and oxygen atoms in total. The topological polar surface area (TPSA) is 31.4 Å². The highest BCUT2D eigenvalue weighted by atomic mass is 15.2. The maximum Gasteiger partial charge on any atom is 0.0550 e. The monoisotopic (exact) mass is 364 g/mol. The van der Waals surface area contributed by atoms with Gasteiger partial charge in [-0.05, 0) is 57.0 Å². The third-order valence-electron chi connectivity index (χ3n) is 6.14. The average molecular weight is 365 g/mol. The molecular weight excluding hydrogens is 332 g/mol. The van der Waals surface area contributed by atoms with Gasteiger partial charge in [0, 0.05) is 43.8 Å². The summed E-state index contributed by atoms with van der Waals surface area (Å²) in [7, 11) is 2.16. The number of anilines is 1. The number of nitrogens with zero attached hydrogens (tertiary/aromatic N) is 3. The molecule has 2 atom stereocenters. The predicted octanol–water partition coefficient (Wildman–Crippen LogP) is 3.44. The zero-order valence-electron chi connectivity index (χ0n) is 16.6. The van der Waals surface area contributed by atoms with Gasteiger partial charge in [0.1, 0.15) is 0 Å². The first-order chi connectivity index (χ1) is 13.2. The number of benzene rings is 1. The third kappa shape index (κ3) is 4.88. The summed E-state index contributed by atoms with van der Waals surface area (Å²) in [6.45, 7) is 6.64. The van der Waals surface area contributed by atoms with E-state index in [-0.39, 0.29) is 0 Å². The van der Waals surface area contributed by atoms with Crippen LogP contribution in [0.4, 0.5) is 5.69 Å². The molecule has 4 heteroatoms. The van der Waals surface area contributed by atoms with Gasteiger partial charge < -0.3 is 15.1 Å². The zero-order chi connectivity index (χ0) is 18.6. The number of aromatic nitrogens is 1. The largest absolute Gasteiger partial charge is 0.372 e. The second kappa shape index (κ2) is 8.41. The maximum absolute atomic E-state index is 4.40. The Morgan fingerprint density at radius 1 is 1.11 bits per heavy atom. The van der Waals surface area contributed by atoms with Gasteiger partial charge in [-0.3, -0.25) is 4.98 Å². The first-order valence-electron chi connectivity index (χ1n) is 10.4. The van der Waals surface area contributed by atoms with Crippen molar-refractivity contribution in [3.63, 3.8) is 0 Å². The van der Waals surface area contributed by atoms with Crippen molar-refractivity contribution in [1.29, 1.82) is 0 Å². The number of likely N-dealkylation sites (N-methyl/N-ethyl adjacent to an activating group) is 1. The molecule has 1 aromatic carbocycles. The quantitative estimate of drug-likeness (QED) is 0.816. The molecule has 1 aliphatic heterocycles. The van der Waals surface area contributed by atoms with Crippen LogP contribution >= 0.6 is 0 Å². The lowest BCUT2D eigenvalue weighted by atomic mass is 10.0. The van der Waals surface area contributed by atoms with Crippen molar-refractivity contribution in [2.45, 2.75) is 44.2 Å². The van der Waals surface area contributed by atoms with Crippen LogP contribution in [0.15, 0.2) is 48.7 Å². The molecule has 2 fully saturated rings. The first kappa shape index (κ1) is 18.5. The van der Waals surface area contributed by atoms with Crippen molar-refractivity contribution in [2.24, 2.45) is 0 Å². The number of hydrogen-bond donors (Lipinski definition) is 1. The molecule has 1 aromatic heterocycles. The first-order valence-corrected chi connectivity index (χ1v) is 10.4. The number of hydrogen-bond acceptors (Lipinski definition) is 4. The van der Waals surface area contributed by atoms with Crippen LogP contribution in [0.1, 0.15) is 36.4 Å². The molecule has 1 N–H and O–H groups in total. The standard InChI is InChI=1S/C23H32N4/c1-18-8-9-21(17-24-18)26(2)14-15-27-12-10-20(11-13-27)25-23-16-22(23)19-6-4-3-5-7-19/h3-9,17,20,22-23,25H,10-16H2,1-2H3/t22?,23-/m1/s1. The summed E-state index contributed by atoms with van der Waals surface area (Å²) in [6.07, 6.45) is 5.82. The highest BCUT2D eigenvalue weighted by Gasteiger charge is 2.39. The van der Waals surface area contributed by atoms with Crippen LogP contribution in [0.2, 0.25) is 0 Å². The Morgan fingerprint density at radius 2 is 1.89 bits per heavy atom. The number of pyridine rings is 1. The molecule has 1 aliphatic carbocycles. The van der Waals surface area contributed by atoms with Crippen molar-refractivity contribution in [3.8, 4) is 0 Å². The second-order valence-electron chi connectivity index (χ2n) is 8.22. The Bertz CT molecular complexity index is 707. The number of nitrogens with one attached hydrogen (secondary N) is 1. The van der Waals surface area contributed by atoms with E-state index in [0.29, 0.717) is 12.1 Å². The van der Waals surface area contributed by atoms with E-state index in [4.69, 9.17) is 0 Å². The predicted molar refractivity (Wildman–Crippen MR) is 112 cm³/mol. The van der Waals surface area contributed by atoms with E-state index < -0.39 is 0 Å². The average Bonchev–Trinajstić information content (AvgIpc) is 3.47. The smallest absolute Gasteiger partial charge is 0.0550 e. The molecule has 0 amide bonds. The van der Waals surface area contributed by atoms with Crippen LogP contribution in [0.5, 0.6) is 0 Å². The van der Waals surface area contributed by atoms with E-state index in [1.165, 1.54) is 43.6 Å². The van der Waals surface area contributed by atoms with E-state index in [1.54, 1.807) is 0 Å². The van der Waals surface area contributed by atoms with E-state index in [2.05, 4.69) is 69.6 Å². The minimum atomic E-state index is 0.694. The fourth-order valence-corrected chi connectivity index (χ4v) is 4.18. The Balaban J connectivity index is 1.16. The Labute approximate surface area is 163 Å². The van der Waals surface area contributed by atoms with Crippen LogP contribution in [0, 0.1) is 6.92 Å². The highest BCUT2D eigenvalue weighted by Crippen LogP contribution is 2.41. The van der Waals surface area contributed by atoms with Crippen LogP contribution in [-0.4, -0.2) is 55.2 Å². The molecule has 1 saturated carbocycles. The van der Waals surface area contributed by atoms with Gasteiger partial charge in [-0.2, -0.15) is 0 Å². The van der Waals surface area contributed by atoms with Crippen molar-refractivity contribution in [3.05, 3.63) is 59.9 Å². The summed E-state index contributed by atoms with van der Waals surface area (Å²) in [5.41, 5.74) is 3.78.